The topological polar surface area (TPSA) is 52.6 Å². The Balaban J connectivity index is 1.25. The lowest BCUT2D eigenvalue weighted by atomic mass is 9.48. The lowest BCUT2D eigenvalue weighted by Crippen LogP contribution is -2.51. The molecule has 4 heteroatoms. The van der Waals surface area contributed by atoms with Gasteiger partial charge in [-0.3, -0.25) is 4.79 Å². The Morgan fingerprint density at radius 1 is 0.972 bits per heavy atom. The van der Waals surface area contributed by atoms with Gasteiger partial charge in [0.25, 0.3) is 0 Å². The SMILES string of the molecule is CC(C)CCC(=O)O[C@H]1CC[C@@]2(C)C(=CC[C@H]3[C@@H]4CC[C@H](OC(=O)c5ccccc5)[C@@]4(C)CC[C@@H]32)C1. The van der Waals surface area contributed by atoms with Crippen molar-refractivity contribution in [3.05, 3.63) is 47.5 Å². The molecular weight excluding hydrogens is 448 g/mol. The van der Waals surface area contributed by atoms with E-state index < -0.39 is 0 Å². The van der Waals surface area contributed by atoms with E-state index in [0.717, 1.165) is 51.4 Å². The highest BCUT2D eigenvalue weighted by molar-refractivity contribution is 5.89. The van der Waals surface area contributed by atoms with Crippen LogP contribution in [-0.2, 0) is 14.3 Å². The van der Waals surface area contributed by atoms with Gasteiger partial charge < -0.3 is 9.47 Å². The predicted molar refractivity (Wildman–Crippen MR) is 141 cm³/mol. The molecule has 36 heavy (non-hydrogen) atoms. The molecule has 3 fully saturated rings. The fraction of sp³-hybridized carbons (Fsp3) is 0.688. The number of fused-ring (bicyclic) bond motifs is 5. The Bertz CT molecular complexity index is 997. The second-order valence-corrected chi connectivity index (χ2v) is 12.9. The largest absolute Gasteiger partial charge is 0.462 e. The first kappa shape index (κ1) is 25.5. The van der Waals surface area contributed by atoms with E-state index in [0.29, 0.717) is 35.7 Å². The summed E-state index contributed by atoms with van der Waals surface area (Å²) in [6.45, 7) is 9.17. The molecule has 196 valence electrons. The molecule has 0 bridgehead atoms. The molecule has 4 aliphatic rings. The van der Waals surface area contributed by atoms with Gasteiger partial charge in [-0.1, -0.05) is 57.5 Å². The molecule has 7 atom stereocenters. The summed E-state index contributed by atoms with van der Waals surface area (Å²) in [5.41, 5.74) is 2.46. The van der Waals surface area contributed by atoms with Crippen LogP contribution in [-0.4, -0.2) is 24.1 Å². The monoisotopic (exact) mass is 492 g/mol. The van der Waals surface area contributed by atoms with Gasteiger partial charge in [0.2, 0.25) is 0 Å². The molecule has 4 aliphatic carbocycles. The van der Waals surface area contributed by atoms with Crippen molar-refractivity contribution in [1.82, 2.24) is 0 Å². The van der Waals surface area contributed by atoms with Crippen LogP contribution in [0.15, 0.2) is 42.0 Å². The van der Waals surface area contributed by atoms with Crippen LogP contribution in [0.3, 0.4) is 0 Å². The van der Waals surface area contributed by atoms with Crippen LogP contribution in [0.25, 0.3) is 0 Å². The second-order valence-electron chi connectivity index (χ2n) is 12.9. The van der Waals surface area contributed by atoms with Crippen LogP contribution in [0.2, 0.25) is 0 Å². The summed E-state index contributed by atoms with van der Waals surface area (Å²) in [6, 6.07) is 9.42. The molecule has 1 aromatic rings. The van der Waals surface area contributed by atoms with Crippen molar-refractivity contribution in [2.24, 2.45) is 34.5 Å². The summed E-state index contributed by atoms with van der Waals surface area (Å²) in [6.07, 6.45) is 12.6. The third kappa shape index (κ3) is 4.65. The summed E-state index contributed by atoms with van der Waals surface area (Å²) in [5, 5.41) is 0. The van der Waals surface area contributed by atoms with E-state index in [1.807, 2.05) is 30.3 Å². The molecule has 1 aromatic carbocycles. The van der Waals surface area contributed by atoms with Gasteiger partial charge in [-0.15, -0.1) is 0 Å². The van der Waals surface area contributed by atoms with E-state index in [1.165, 1.54) is 12.0 Å². The summed E-state index contributed by atoms with van der Waals surface area (Å²) < 4.78 is 12.1. The molecule has 0 amide bonds. The summed E-state index contributed by atoms with van der Waals surface area (Å²) in [7, 11) is 0. The van der Waals surface area contributed by atoms with E-state index in [4.69, 9.17) is 9.47 Å². The zero-order valence-electron chi connectivity index (χ0n) is 22.6. The van der Waals surface area contributed by atoms with Crippen LogP contribution in [0.1, 0.15) is 102 Å². The van der Waals surface area contributed by atoms with Crippen LogP contribution in [0.5, 0.6) is 0 Å². The van der Waals surface area contributed by atoms with Crippen LogP contribution < -0.4 is 0 Å². The average molecular weight is 493 g/mol. The number of ether oxygens (including phenoxy) is 2. The zero-order valence-corrected chi connectivity index (χ0v) is 22.6. The van der Waals surface area contributed by atoms with Crippen molar-refractivity contribution in [3.63, 3.8) is 0 Å². The number of hydrogen-bond donors (Lipinski definition) is 0. The molecule has 0 radical (unpaired) electrons. The maximum atomic E-state index is 12.9. The first-order valence-corrected chi connectivity index (χ1v) is 14.4. The summed E-state index contributed by atoms with van der Waals surface area (Å²) >= 11 is 0. The Morgan fingerprint density at radius 3 is 2.50 bits per heavy atom. The lowest BCUT2D eigenvalue weighted by molar-refractivity contribution is -0.151. The molecule has 4 nitrogen and oxygen atoms in total. The highest BCUT2D eigenvalue weighted by Crippen LogP contribution is 2.65. The minimum absolute atomic E-state index is 0.00956. The Labute approximate surface area is 217 Å². The first-order valence-electron chi connectivity index (χ1n) is 14.4. The Kier molecular flexibility index (Phi) is 7.09. The number of carbonyl (C=O) groups is 2. The second kappa shape index (κ2) is 9.99. The number of benzene rings is 1. The molecule has 0 unspecified atom stereocenters. The van der Waals surface area contributed by atoms with Crippen molar-refractivity contribution in [3.8, 4) is 0 Å². The van der Waals surface area contributed by atoms with E-state index >= 15 is 0 Å². The molecule has 3 saturated carbocycles. The Morgan fingerprint density at radius 2 is 1.75 bits per heavy atom. The molecule has 0 aliphatic heterocycles. The van der Waals surface area contributed by atoms with Gasteiger partial charge in [0, 0.05) is 18.3 Å². The molecular formula is C32H44O4. The Hall–Kier alpha value is -2.10. The number of hydrogen-bond acceptors (Lipinski definition) is 4. The maximum Gasteiger partial charge on any atom is 0.338 e. The van der Waals surface area contributed by atoms with Crippen LogP contribution >= 0.6 is 0 Å². The van der Waals surface area contributed by atoms with Crippen molar-refractivity contribution in [2.45, 2.75) is 104 Å². The third-order valence-corrected chi connectivity index (χ3v) is 10.5. The van der Waals surface area contributed by atoms with Crippen molar-refractivity contribution in [2.75, 3.05) is 0 Å². The first-order chi connectivity index (χ1) is 17.2. The maximum absolute atomic E-state index is 12.9. The van der Waals surface area contributed by atoms with E-state index in [2.05, 4.69) is 33.8 Å². The summed E-state index contributed by atoms with van der Waals surface area (Å²) in [5.74, 6) is 2.26. The molecule has 5 rings (SSSR count). The normalized spacial score (nSPS) is 37.4. The fourth-order valence-electron chi connectivity index (χ4n) is 8.30. The third-order valence-electron chi connectivity index (χ3n) is 10.5. The van der Waals surface area contributed by atoms with Gasteiger partial charge in [-0.2, -0.15) is 0 Å². The lowest BCUT2D eigenvalue weighted by Gasteiger charge is -2.57. The minimum Gasteiger partial charge on any atom is -0.462 e. The van der Waals surface area contributed by atoms with E-state index in [9.17, 15) is 9.59 Å². The van der Waals surface area contributed by atoms with E-state index in [-0.39, 0.29) is 35.0 Å². The number of rotatable bonds is 6. The molecule has 0 N–H and O–H groups in total. The predicted octanol–water partition coefficient (Wildman–Crippen LogP) is 7.52. The van der Waals surface area contributed by atoms with Gasteiger partial charge in [0.1, 0.15) is 12.2 Å². The van der Waals surface area contributed by atoms with Crippen molar-refractivity contribution in [1.29, 1.82) is 0 Å². The van der Waals surface area contributed by atoms with Gasteiger partial charge in [-0.05, 0) is 92.6 Å². The minimum atomic E-state index is -0.177. The van der Waals surface area contributed by atoms with E-state index in [1.54, 1.807) is 0 Å². The van der Waals surface area contributed by atoms with Gasteiger partial charge in [0.15, 0.2) is 0 Å². The number of carbonyl (C=O) groups excluding carboxylic acids is 2. The molecule has 0 spiro atoms. The quantitative estimate of drug-likeness (QED) is 0.304. The fourth-order valence-corrected chi connectivity index (χ4v) is 8.30. The molecule has 0 aromatic heterocycles. The van der Waals surface area contributed by atoms with Crippen LogP contribution in [0.4, 0.5) is 0 Å². The van der Waals surface area contributed by atoms with Crippen molar-refractivity contribution < 1.29 is 19.1 Å². The highest BCUT2D eigenvalue weighted by atomic mass is 16.5. The van der Waals surface area contributed by atoms with Crippen molar-refractivity contribution >= 4 is 11.9 Å². The zero-order chi connectivity index (χ0) is 25.5. The standard InChI is InChI=1S/C32H44O4/c1-21(2)10-15-29(33)35-24-16-18-31(3)23(20-24)11-12-25-26-13-14-28(32(26,4)19-17-27(25)31)36-30(34)22-8-6-5-7-9-22/h5-9,11,21,24-28H,10,12-20H2,1-4H3/t24-,25-,26-,27-,28-,31-,32-/m0/s1. The van der Waals surface area contributed by atoms with Gasteiger partial charge in [-0.25, -0.2) is 4.79 Å². The van der Waals surface area contributed by atoms with Gasteiger partial charge in [0.05, 0.1) is 5.56 Å². The number of esters is 2. The average Bonchev–Trinajstić information content (AvgIpc) is 3.19. The molecule has 0 heterocycles. The van der Waals surface area contributed by atoms with Gasteiger partial charge >= 0.3 is 11.9 Å². The highest BCUT2D eigenvalue weighted by Gasteiger charge is 2.59. The molecule has 0 saturated heterocycles. The summed E-state index contributed by atoms with van der Waals surface area (Å²) in [4.78, 5) is 25.2. The smallest absolute Gasteiger partial charge is 0.338 e. The number of allylic oxidation sites excluding steroid dienone is 1. The van der Waals surface area contributed by atoms with Crippen LogP contribution in [0, 0.1) is 34.5 Å².